The molecular formula is C16H16FNO. The van der Waals surface area contributed by atoms with Crippen LogP contribution in [0.25, 0.3) is 0 Å². The Morgan fingerprint density at radius 1 is 0.947 bits per heavy atom. The van der Waals surface area contributed by atoms with Crippen molar-refractivity contribution in [2.75, 3.05) is 0 Å². The van der Waals surface area contributed by atoms with E-state index < -0.39 is 0 Å². The van der Waals surface area contributed by atoms with Crippen molar-refractivity contribution in [1.82, 2.24) is 5.32 Å². The molecule has 0 amide bonds. The number of hydrogen-bond donors (Lipinski definition) is 1. The van der Waals surface area contributed by atoms with E-state index in [1.807, 2.05) is 18.2 Å². The molecule has 1 aliphatic heterocycles. The van der Waals surface area contributed by atoms with Gasteiger partial charge in [0.1, 0.15) is 18.1 Å². The minimum Gasteiger partial charge on any atom is -0.350 e. The first-order valence-electron chi connectivity index (χ1n) is 6.46. The fourth-order valence-corrected chi connectivity index (χ4v) is 2.45. The van der Waals surface area contributed by atoms with Crippen LogP contribution in [0.3, 0.4) is 0 Å². The zero-order chi connectivity index (χ0) is 13.2. The van der Waals surface area contributed by atoms with E-state index in [-0.39, 0.29) is 24.2 Å². The van der Waals surface area contributed by atoms with Gasteiger partial charge in [-0.25, -0.2) is 4.39 Å². The Labute approximate surface area is 112 Å². The molecular weight excluding hydrogens is 241 g/mol. The Kier molecular flexibility index (Phi) is 3.32. The first-order valence-corrected chi connectivity index (χ1v) is 6.46. The van der Waals surface area contributed by atoms with E-state index >= 15 is 0 Å². The number of halogens is 1. The van der Waals surface area contributed by atoms with Gasteiger partial charge < -0.3 is 4.74 Å². The summed E-state index contributed by atoms with van der Waals surface area (Å²) in [5.41, 5.74) is 2.11. The summed E-state index contributed by atoms with van der Waals surface area (Å²) in [4.78, 5) is 0. The molecule has 2 aromatic carbocycles. The van der Waals surface area contributed by atoms with Gasteiger partial charge in [0.2, 0.25) is 0 Å². The Morgan fingerprint density at radius 2 is 1.63 bits per heavy atom. The number of ether oxygens (including phenoxy) is 1. The fourth-order valence-electron chi connectivity index (χ4n) is 2.45. The highest BCUT2D eigenvalue weighted by Gasteiger charge is 2.33. The molecule has 0 radical (unpaired) electrons. The molecule has 0 aromatic heterocycles. The average molecular weight is 257 g/mol. The van der Waals surface area contributed by atoms with Crippen molar-refractivity contribution in [3.63, 3.8) is 0 Å². The van der Waals surface area contributed by atoms with E-state index in [0.29, 0.717) is 0 Å². The smallest absolute Gasteiger partial charge is 0.135 e. The van der Waals surface area contributed by atoms with Crippen molar-refractivity contribution in [3.05, 3.63) is 71.5 Å². The first kappa shape index (κ1) is 12.3. The molecule has 0 spiro atoms. The van der Waals surface area contributed by atoms with Crippen LogP contribution in [0.4, 0.5) is 4.39 Å². The third kappa shape index (κ3) is 2.53. The molecule has 1 saturated heterocycles. The molecule has 0 aliphatic carbocycles. The zero-order valence-electron chi connectivity index (χ0n) is 10.7. The predicted molar refractivity (Wildman–Crippen MR) is 72.0 cm³/mol. The molecule has 3 heteroatoms. The van der Waals surface area contributed by atoms with Gasteiger partial charge >= 0.3 is 0 Å². The maximum Gasteiger partial charge on any atom is 0.135 e. The van der Waals surface area contributed by atoms with Gasteiger partial charge in [0, 0.05) is 6.04 Å². The average Bonchev–Trinajstić information content (AvgIpc) is 2.83. The molecule has 3 rings (SSSR count). The summed E-state index contributed by atoms with van der Waals surface area (Å²) in [7, 11) is 0. The topological polar surface area (TPSA) is 21.3 Å². The van der Waals surface area contributed by atoms with Crippen LogP contribution >= 0.6 is 0 Å². The highest BCUT2D eigenvalue weighted by Crippen LogP contribution is 2.34. The van der Waals surface area contributed by atoms with Crippen LogP contribution in [0.5, 0.6) is 0 Å². The van der Waals surface area contributed by atoms with Gasteiger partial charge in [-0.3, -0.25) is 5.32 Å². The number of nitrogens with one attached hydrogen (secondary N) is 1. The molecule has 98 valence electrons. The quantitative estimate of drug-likeness (QED) is 0.888. The number of benzene rings is 2. The molecule has 0 bridgehead atoms. The maximum atomic E-state index is 12.9. The van der Waals surface area contributed by atoms with Gasteiger partial charge in [0.05, 0.1) is 0 Å². The van der Waals surface area contributed by atoms with Crippen molar-refractivity contribution in [2.45, 2.75) is 25.3 Å². The van der Waals surface area contributed by atoms with Crippen molar-refractivity contribution in [1.29, 1.82) is 0 Å². The van der Waals surface area contributed by atoms with Crippen LogP contribution in [0.1, 0.15) is 30.4 Å². The van der Waals surface area contributed by atoms with Crippen molar-refractivity contribution >= 4 is 0 Å². The Hall–Kier alpha value is -1.71. The molecule has 3 atom stereocenters. The number of rotatable bonds is 2. The lowest BCUT2D eigenvalue weighted by atomic mass is 10.0. The van der Waals surface area contributed by atoms with Crippen molar-refractivity contribution in [3.8, 4) is 0 Å². The third-order valence-electron chi connectivity index (χ3n) is 3.45. The van der Waals surface area contributed by atoms with Gasteiger partial charge in [-0.15, -0.1) is 0 Å². The summed E-state index contributed by atoms with van der Waals surface area (Å²) in [5.74, 6) is -0.227. The van der Waals surface area contributed by atoms with Crippen LogP contribution < -0.4 is 5.32 Å². The Bertz CT molecular complexity index is 540. The summed E-state index contributed by atoms with van der Waals surface area (Å²) >= 11 is 0. The van der Waals surface area contributed by atoms with E-state index in [4.69, 9.17) is 4.74 Å². The second kappa shape index (κ2) is 5.11. The summed E-state index contributed by atoms with van der Waals surface area (Å²) in [5, 5.41) is 3.39. The normalized spacial score (nSPS) is 26.5. The standard InChI is InChI=1S/C16H16FNO/c1-11-15(12-5-3-2-4-6-12)19-16(18-11)13-7-9-14(17)10-8-13/h2-11,15-16,18H,1H3/t11-,15+,16+/m1/s1. The van der Waals surface area contributed by atoms with Crippen LogP contribution in [0.15, 0.2) is 54.6 Å². The van der Waals surface area contributed by atoms with Crippen LogP contribution in [0.2, 0.25) is 0 Å². The highest BCUT2D eigenvalue weighted by molar-refractivity contribution is 5.23. The summed E-state index contributed by atoms with van der Waals surface area (Å²) in [6.45, 7) is 2.10. The molecule has 2 aromatic rings. The molecule has 2 nitrogen and oxygen atoms in total. The predicted octanol–water partition coefficient (Wildman–Crippen LogP) is 3.57. The Balaban J connectivity index is 1.80. The van der Waals surface area contributed by atoms with E-state index in [2.05, 4.69) is 24.4 Å². The molecule has 1 heterocycles. The maximum absolute atomic E-state index is 12.9. The lowest BCUT2D eigenvalue weighted by Crippen LogP contribution is -2.23. The van der Waals surface area contributed by atoms with Gasteiger partial charge in [0.25, 0.3) is 0 Å². The largest absolute Gasteiger partial charge is 0.350 e. The summed E-state index contributed by atoms with van der Waals surface area (Å²) in [6, 6.07) is 16.8. The number of hydrogen-bond acceptors (Lipinski definition) is 2. The molecule has 0 saturated carbocycles. The van der Waals surface area contributed by atoms with E-state index in [9.17, 15) is 4.39 Å². The van der Waals surface area contributed by atoms with Gasteiger partial charge in [0.15, 0.2) is 0 Å². The molecule has 19 heavy (non-hydrogen) atoms. The molecule has 1 fully saturated rings. The van der Waals surface area contributed by atoms with Gasteiger partial charge in [-0.05, 0) is 30.2 Å². The molecule has 1 aliphatic rings. The lowest BCUT2D eigenvalue weighted by molar-refractivity contribution is 0.0363. The van der Waals surface area contributed by atoms with E-state index in [0.717, 1.165) is 11.1 Å². The monoisotopic (exact) mass is 257 g/mol. The van der Waals surface area contributed by atoms with Crippen LogP contribution in [-0.4, -0.2) is 6.04 Å². The first-order chi connectivity index (χ1) is 9.24. The lowest BCUT2D eigenvalue weighted by Gasteiger charge is -2.14. The van der Waals surface area contributed by atoms with Gasteiger partial charge in [-0.2, -0.15) is 0 Å². The summed E-state index contributed by atoms with van der Waals surface area (Å²) < 4.78 is 19.0. The van der Waals surface area contributed by atoms with Crippen molar-refractivity contribution in [2.24, 2.45) is 0 Å². The SMILES string of the molecule is C[C@H]1N[C@H](c2ccc(F)cc2)O[C@@H]1c1ccccc1. The minimum absolute atomic E-state index is 0.0243. The van der Waals surface area contributed by atoms with E-state index in [1.54, 1.807) is 12.1 Å². The minimum atomic E-state index is -0.227. The highest BCUT2D eigenvalue weighted by atomic mass is 19.1. The zero-order valence-corrected chi connectivity index (χ0v) is 10.7. The second-order valence-electron chi connectivity index (χ2n) is 4.85. The third-order valence-corrected chi connectivity index (χ3v) is 3.45. The van der Waals surface area contributed by atoms with E-state index in [1.165, 1.54) is 12.1 Å². The Morgan fingerprint density at radius 3 is 2.32 bits per heavy atom. The van der Waals surface area contributed by atoms with Crippen molar-refractivity contribution < 1.29 is 9.13 Å². The van der Waals surface area contributed by atoms with Crippen LogP contribution in [0, 0.1) is 5.82 Å². The summed E-state index contributed by atoms with van der Waals surface area (Å²) in [6.07, 6.45) is -0.156. The fraction of sp³-hybridized carbons (Fsp3) is 0.250. The van der Waals surface area contributed by atoms with Gasteiger partial charge in [-0.1, -0.05) is 42.5 Å². The molecule has 0 unspecified atom stereocenters. The second-order valence-corrected chi connectivity index (χ2v) is 4.85. The molecule has 1 N–H and O–H groups in total. The van der Waals surface area contributed by atoms with Crippen LogP contribution in [-0.2, 0) is 4.74 Å².